The number of ether oxygens (including phenoxy) is 2. The number of nitrogens with zero attached hydrogens (tertiary/aromatic N) is 4. The highest BCUT2D eigenvalue weighted by Crippen LogP contribution is 2.50. The number of thiazole rings is 2. The van der Waals surface area contributed by atoms with Crippen molar-refractivity contribution in [2.75, 3.05) is 39.8 Å². The van der Waals surface area contributed by atoms with Crippen molar-refractivity contribution in [3.05, 3.63) is 112 Å². The molecule has 1 aliphatic carbocycles. The highest BCUT2D eigenvalue weighted by atomic mass is 32.1. The standard InChI is InChI=1S/C56H60N6O14S2/c1-28-29(2)49(68)47(30(3)48(28)67)56(4,5)26-45(66)61(6)20-21-62(55(74)75-34-12-16-39-43(25-34)78-52(59-39)51-60-40(27-77-51)54(72)73)19-7-8-44(65)57-17-18-58-50(69)31-9-13-35(38(22-31)53(70)71)46-36-14-10-32(63)23-41(36)76-42-24-33(64)11-15-37(42)46/h9-16,22-25,27-30,46-47,49,63-64,68H,7-8,17-21,26H2,1-6H3,(H,57,65)(H,58,69)(H,70,71)(H,72,73). The number of likely N-dealkylation sites (N-methyl/N-ethyl adjacent to an activating group) is 1. The lowest BCUT2D eigenvalue weighted by molar-refractivity contribution is -0.151. The number of hydrogen-bond acceptors (Lipinski definition) is 16. The van der Waals surface area contributed by atoms with Gasteiger partial charge in [-0.1, -0.05) is 52.8 Å². The molecule has 2 aromatic heterocycles. The number of nitrogens with one attached hydrogen (secondary N) is 2. The van der Waals surface area contributed by atoms with Gasteiger partial charge >= 0.3 is 18.0 Å². The second-order valence-electron chi connectivity index (χ2n) is 20.5. The van der Waals surface area contributed by atoms with Crippen LogP contribution in [0.4, 0.5) is 4.79 Å². The zero-order valence-electron chi connectivity index (χ0n) is 43.6. The van der Waals surface area contributed by atoms with Gasteiger partial charge in [-0.05, 0) is 59.7 Å². The second-order valence-corrected chi connectivity index (χ2v) is 22.4. The number of hydrogen-bond donors (Lipinski definition) is 7. The number of carbonyl (C=O) groups is 7. The fourth-order valence-corrected chi connectivity index (χ4v) is 12.2. The molecule has 3 heterocycles. The van der Waals surface area contributed by atoms with Gasteiger partial charge < -0.3 is 55.4 Å². The highest BCUT2D eigenvalue weighted by Gasteiger charge is 2.50. The van der Waals surface area contributed by atoms with Crippen LogP contribution >= 0.6 is 22.7 Å². The fraction of sp³-hybridized carbons (Fsp3) is 0.375. The lowest BCUT2D eigenvalue weighted by atomic mass is 9.58. The average Bonchev–Trinajstić information content (AvgIpc) is 4.21. The number of ketones is 1. The summed E-state index contributed by atoms with van der Waals surface area (Å²) in [4.78, 5) is 103. The number of carboxylic acids is 2. The Balaban J connectivity index is 0.885. The van der Waals surface area contributed by atoms with Crippen LogP contribution in [0, 0.1) is 29.1 Å². The van der Waals surface area contributed by atoms with Gasteiger partial charge in [0.2, 0.25) is 11.8 Å². The molecule has 7 N–H and O–H groups in total. The number of aliphatic hydroxyl groups excluding tert-OH is 1. The first-order valence-electron chi connectivity index (χ1n) is 25.3. The highest BCUT2D eigenvalue weighted by molar-refractivity contribution is 7.25. The molecular weight excluding hydrogens is 1040 g/mol. The number of Topliss-reactive ketones (excluding diaryl/α,β-unsaturated/α-hetero) is 1. The van der Waals surface area contributed by atoms with Crippen LogP contribution in [0.5, 0.6) is 28.7 Å². The molecule has 1 aliphatic heterocycles. The first-order chi connectivity index (χ1) is 37.0. The average molecular weight is 1110 g/mol. The molecule has 5 unspecified atom stereocenters. The summed E-state index contributed by atoms with van der Waals surface area (Å²) >= 11 is 2.38. The van der Waals surface area contributed by atoms with Gasteiger partial charge in [-0.2, -0.15) is 0 Å². The largest absolute Gasteiger partial charge is 0.508 e. The van der Waals surface area contributed by atoms with Gasteiger partial charge in [-0.25, -0.2) is 24.4 Å². The molecule has 20 nitrogen and oxygen atoms in total. The summed E-state index contributed by atoms with van der Waals surface area (Å²) in [5.74, 6) is -5.21. The Hall–Kier alpha value is -7.95. The van der Waals surface area contributed by atoms with Gasteiger partial charge in [-0.15, -0.1) is 22.7 Å². The van der Waals surface area contributed by atoms with Crippen molar-refractivity contribution < 1.29 is 68.6 Å². The summed E-state index contributed by atoms with van der Waals surface area (Å²) in [6, 6.07) is 18.1. The summed E-state index contributed by atoms with van der Waals surface area (Å²) in [5.41, 5.74) is 1.09. The number of phenols is 2. The lowest BCUT2D eigenvalue weighted by Crippen LogP contribution is -2.53. The molecule has 5 atom stereocenters. The number of aliphatic hydroxyl groups is 1. The van der Waals surface area contributed by atoms with Crippen LogP contribution in [0.1, 0.15) is 108 Å². The number of amides is 4. The molecule has 22 heteroatoms. The number of aromatic carboxylic acids is 2. The van der Waals surface area contributed by atoms with Gasteiger partial charge in [-0.3, -0.25) is 19.2 Å². The van der Waals surface area contributed by atoms with Gasteiger partial charge in [0.15, 0.2) is 15.7 Å². The fourth-order valence-electron chi connectivity index (χ4n) is 10.4. The third-order valence-electron chi connectivity index (χ3n) is 14.8. The third-order valence-corrected chi connectivity index (χ3v) is 16.8. The van der Waals surface area contributed by atoms with Crippen LogP contribution < -0.4 is 20.1 Å². The van der Waals surface area contributed by atoms with Crippen LogP contribution in [0.25, 0.3) is 20.2 Å². The van der Waals surface area contributed by atoms with Crippen LogP contribution in [0.2, 0.25) is 0 Å². The van der Waals surface area contributed by atoms with E-state index in [1.807, 2.05) is 27.7 Å². The van der Waals surface area contributed by atoms with E-state index >= 15 is 0 Å². The summed E-state index contributed by atoms with van der Waals surface area (Å²) < 4.78 is 12.5. The van der Waals surface area contributed by atoms with E-state index in [0.717, 1.165) is 11.3 Å². The predicted octanol–water partition coefficient (Wildman–Crippen LogP) is 7.98. The van der Waals surface area contributed by atoms with E-state index < -0.39 is 53.2 Å². The Kier molecular flexibility index (Phi) is 16.8. The monoisotopic (exact) mass is 1100 g/mol. The van der Waals surface area contributed by atoms with E-state index in [1.54, 1.807) is 44.3 Å². The van der Waals surface area contributed by atoms with E-state index in [-0.39, 0.29) is 127 Å². The Bertz CT molecular complexity index is 3270. The van der Waals surface area contributed by atoms with Crippen LogP contribution in [-0.2, 0) is 14.4 Å². The summed E-state index contributed by atoms with van der Waals surface area (Å²) in [7, 11) is 1.61. The molecule has 78 heavy (non-hydrogen) atoms. The van der Waals surface area contributed by atoms with Crippen molar-refractivity contribution in [3.63, 3.8) is 0 Å². The van der Waals surface area contributed by atoms with Crippen LogP contribution in [-0.4, -0.2) is 133 Å². The van der Waals surface area contributed by atoms with Crippen molar-refractivity contribution in [1.82, 2.24) is 30.4 Å². The van der Waals surface area contributed by atoms with Crippen molar-refractivity contribution in [2.24, 2.45) is 29.1 Å². The molecule has 0 saturated heterocycles. The zero-order valence-corrected chi connectivity index (χ0v) is 45.3. The summed E-state index contributed by atoms with van der Waals surface area (Å²) in [6.45, 7) is 9.38. The maximum absolute atomic E-state index is 13.9. The number of phenolic OH excluding ortho intramolecular Hbond substituents is 2. The number of aromatic hydroxyl groups is 2. The summed E-state index contributed by atoms with van der Waals surface area (Å²) in [6.07, 6.45) is -1.36. The van der Waals surface area contributed by atoms with Crippen molar-refractivity contribution in [2.45, 2.75) is 65.9 Å². The molecule has 1 fully saturated rings. The maximum Gasteiger partial charge on any atom is 0.415 e. The molecule has 0 spiro atoms. The van der Waals surface area contributed by atoms with Gasteiger partial charge in [0.1, 0.15) is 34.5 Å². The molecule has 0 bridgehead atoms. The smallest absolute Gasteiger partial charge is 0.415 e. The second kappa shape index (κ2) is 23.3. The molecule has 410 valence electrons. The topological polar surface area (TPSA) is 295 Å². The minimum absolute atomic E-state index is 0.00999. The first-order valence-corrected chi connectivity index (χ1v) is 27.0. The Morgan fingerprint density at radius 1 is 0.782 bits per heavy atom. The number of carboxylic acid groups (broad SMARTS) is 2. The molecule has 1 saturated carbocycles. The van der Waals surface area contributed by atoms with Crippen molar-refractivity contribution in [1.29, 1.82) is 0 Å². The molecular formula is C56H60N6O14S2. The van der Waals surface area contributed by atoms with Crippen LogP contribution in [0.3, 0.4) is 0 Å². The SMILES string of the molecule is CC1C(=O)C(C)C(C(C)(C)CC(=O)N(C)CCN(CCCC(=O)NCCNC(=O)c2ccc(C3c4ccc(O)cc4Oc4cc(O)ccc43)c(C(=O)O)c2)C(=O)Oc2ccc3nc(-c4nc(C(=O)O)cs4)sc3c2)C(O)C1C. The van der Waals surface area contributed by atoms with E-state index in [9.17, 15) is 59.1 Å². The Morgan fingerprint density at radius 3 is 2.10 bits per heavy atom. The number of carbonyl (C=O) groups excluding carboxylic acids is 5. The third kappa shape index (κ3) is 12.2. The molecule has 2 aliphatic rings. The predicted molar refractivity (Wildman–Crippen MR) is 289 cm³/mol. The number of fused-ring (bicyclic) bond motifs is 3. The van der Waals surface area contributed by atoms with Crippen LogP contribution in [0.15, 0.2) is 78.2 Å². The molecule has 8 rings (SSSR count). The van der Waals surface area contributed by atoms with E-state index in [4.69, 9.17) is 9.47 Å². The van der Waals surface area contributed by atoms with Gasteiger partial charge in [0.05, 0.1) is 21.9 Å². The number of rotatable bonds is 19. The van der Waals surface area contributed by atoms with Crippen molar-refractivity contribution >= 4 is 74.4 Å². The quantitative estimate of drug-likeness (QED) is 0.0378. The maximum atomic E-state index is 13.9. The normalized spacial score (nSPS) is 18.0. The van der Waals surface area contributed by atoms with Crippen molar-refractivity contribution in [3.8, 4) is 38.8 Å². The Labute approximate surface area is 456 Å². The lowest BCUT2D eigenvalue weighted by Gasteiger charge is -2.48. The Morgan fingerprint density at radius 2 is 1.45 bits per heavy atom. The van der Waals surface area contributed by atoms with E-state index in [1.165, 1.54) is 69.0 Å². The first kappa shape index (κ1) is 56.3. The summed E-state index contributed by atoms with van der Waals surface area (Å²) in [5, 5.41) is 59.1. The molecule has 4 amide bonds. The zero-order chi connectivity index (χ0) is 56.3. The minimum Gasteiger partial charge on any atom is -0.508 e. The van der Waals surface area contributed by atoms with E-state index in [0.29, 0.717) is 36.9 Å². The van der Waals surface area contributed by atoms with Gasteiger partial charge in [0, 0.05) is 117 Å². The minimum atomic E-state index is -1.29. The van der Waals surface area contributed by atoms with Gasteiger partial charge in [0.25, 0.3) is 5.91 Å². The molecule has 4 aromatic carbocycles. The molecule has 0 radical (unpaired) electrons. The molecule has 6 aromatic rings. The number of benzene rings is 4. The number of aromatic nitrogens is 2. The van der Waals surface area contributed by atoms with E-state index in [2.05, 4.69) is 20.6 Å².